The monoisotopic (exact) mass is 236 g/mol. The Morgan fingerprint density at radius 1 is 1.50 bits per heavy atom. The number of nitrogens with zero attached hydrogens (tertiary/aromatic N) is 2. The van der Waals surface area contributed by atoms with Crippen LogP contribution in [0.2, 0.25) is 0 Å². The van der Waals surface area contributed by atoms with Crippen molar-refractivity contribution in [2.75, 3.05) is 23.7 Å². The van der Waals surface area contributed by atoms with Crippen molar-refractivity contribution in [3.63, 3.8) is 0 Å². The molecular formula is C12H16N2OS. The van der Waals surface area contributed by atoms with Gasteiger partial charge in [-0.25, -0.2) is 4.98 Å². The number of thioether (sulfide) groups is 1. The van der Waals surface area contributed by atoms with Crippen molar-refractivity contribution in [1.82, 2.24) is 4.98 Å². The van der Waals surface area contributed by atoms with Crippen LogP contribution in [-0.4, -0.2) is 34.9 Å². The number of hydrogen-bond acceptors (Lipinski definition) is 4. The molecule has 4 heteroatoms. The fraction of sp³-hybridized carbons (Fsp3) is 0.500. The first-order valence-electron chi connectivity index (χ1n) is 5.41. The minimum Gasteiger partial charge on any atom is -0.354 e. The normalized spacial score (nSPS) is 19.5. The van der Waals surface area contributed by atoms with Gasteiger partial charge in [-0.2, -0.15) is 11.8 Å². The molecule has 1 fully saturated rings. The summed E-state index contributed by atoms with van der Waals surface area (Å²) in [6.07, 6.45) is 2.46. The molecule has 0 amide bonds. The van der Waals surface area contributed by atoms with Crippen molar-refractivity contribution < 1.29 is 4.79 Å². The number of aromatic nitrogens is 1. The van der Waals surface area contributed by atoms with E-state index in [2.05, 4.69) is 23.7 Å². The fourth-order valence-electron chi connectivity index (χ4n) is 1.87. The Hall–Kier alpha value is -1.03. The second kappa shape index (κ2) is 4.45. The Bertz CT molecular complexity index is 375. The van der Waals surface area contributed by atoms with Gasteiger partial charge >= 0.3 is 0 Å². The first-order valence-corrected chi connectivity index (χ1v) is 6.39. The van der Waals surface area contributed by atoms with E-state index in [0.717, 1.165) is 30.9 Å². The lowest BCUT2D eigenvalue weighted by Crippen LogP contribution is -2.43. The quantitative estimate of drug-likeness (QED) is 0.737. The molecule has 0 saturated carbocycles. The van der Waals surface area contributed by atoms with Crippen molar-refractivity contribution in [2.45, 2.75) is 18.6 Å². The largest absolute Gasteiger partial charge is 0.354 e. The van der Waals surface area contributed by atoms with Crippen LogP contribution in [0.15, 0.2) is 18.3 Å². The van der Waals surface area contributed by atoms with E-state index in [1.165, 1.54) is 0 Å². The molecule has 16 heavy (non-hydrogen) atoms. The van der Waals surface area contributed by atoms with Gasteiger partial charge < -0.3 is 4.90 Å². The Labute approximate surface area is 100 Å². The fourth-order valence-corrected chi connectivity index (χ4v) is 2.98. The van der Waals surface area contributed by atoms with Crippen LogP contribution in [0.25, 0.3) is 0 Å². The number of aldehydes is 1. The first kappa shape index (κ1) is 11.5. The number of carbonyl (C=O) groups is 1. The summed E-state index contributed by atoms with van der Waals surface area (Å²) in [5, 5.41) is 0. The third kappa shape index (κ3) is 2.55. The van der Waals surface area contributed by atoms with Crippen LogP contribution in [0.1, 0.15) is 24.2 Å². The summed E-state index contributed by atoms with van der Waals surface area (Å²) in [6.45, 7) is 6.54. The van der Waals surface area contributed by atoms with E-state index in [4.69, 9.17) is 0 Å². The summed E-state index contributed by atoms with van der Waals surface area (Å²) >= 11 is 2.00. The Balaban J connectivity index is 2.14. The number of hydrogen-bond donors (Lipinski definition) is 0. The standard InChI is InChI=1S/C12H16N2OS/c1-12(2)9-14(5-6-16-12)11-4-3-10(8-15)7-13-11/h3-4,7-8H,5-6,9H2,1-2H3. The molecule has 0 radical (unpaired) electrons. The van der Waals surface area contributed by atoms with Crippen LogP contribution in [0, 0.1) is 0 Å². The van der Waals surface area contributed by atoms with Crippen LogP contribution in [0.5, 0.6) is 0 Å². The van der Waals surface area contributed by atoms with Gasteiger partial charge in [-0.05, 0) is 26.0 Å². The smallest absolute Gasteiger partial charge is 0.151 e. The molecule has 2 rings (SSSR count). The Morgan fingerprint density at radius 2 is 2.31 bits per heavy atom. The van der Waals surface area contributed by atoms with Gasteiger partial charge in [-0.15, -0.1) is 0 Å². The molecular weight excluding hydrogens is 220 g/mol. The minimum atomic E-state index is 0.281. The number of rotatable bonds is 2. The second-order valence-electron chi connectivity index (χ2n) is 4.60. The topological polar surface area (TPSA) is 33.2 Å². The Kier molecular flexibility index (Phi) is 3.19. The summed E-state index contributed by atoms with van der Waals surface area (Å²) in [4.78, 5) is 17.1. The summed E-state index contributed by atoms with van der Waals surface area (Å²) in [5.41, 5.74) is 0.634. The molecule has 2 heterocycles. The van der Waals surface area contributed by atoms with E-state index in [1.807, 2.05) is 23.9 Å². The molecule has 1 aromatic rings. The molecule has 0 spiro atoms. The lowest BCUT2D eigenvalue weighted by Gasteiger charge is -2.38. The molecule has 0 N–H and O–H groups in total. The molecule has 0 bridgehead atoms. The van der Waals surface area contributed by atoms with Gasteiger partial charge in [0.1, 0.15) is 5.82 Å². The minimum absolute atomic E-state index is 0.281. The number of carbonyl (C=O) groups excluding carboxylic acids is 1. The molecule has 1 aliphatic heterocycles. The van der Waals surface area contributed by atoms with Crippen molar-refractivity contribution >= 4 is 23.9 Å². The molecule has 1 saturated heterocycles. The highest BCUT2D eigenvalue weighted by Gasteiger charge is 2.27. The van der Waals surface area contributed by atoms with E-state index in [-0.39, 0.29) is 4.75 Å². The van der Waals surface area contributed by atoms with Gasteiger partial charge in [-0.3, -0.25) is 4.79 Å². The highest BCUT2D eigenvalue weighted by Crippen LogP contribution is 2.31. The van der Waals surface area contributed by atoms with Gasteiger partial charge in [0.15, 0.2) is 6.29 Å². The Morgan fingerprint density at radius 3 is 2.88 bits per heavy atom. The van der Waals surface area contributed by atoms with Crippen molar-refractivity contribution in [3.8, 4) is 0 Å². The zero-order chi connectivity index (χ0) is 11.6. The average Bonchev–Trinajstić information content (AvgIpc) is 2.28. The van der Waals surface area contributed by atoms with Crippen molar-refractivity contribution in [1.29, 1.82) is 0 Å². The predicted molar refractivity (Wildman–Crippen MR) is 68.4 cm³/mol. The molecule has 1 aromatic heterocycles. The zero-order valence-electron chi connectivity index (χ0n) is 9.64. The molecule has 1 aliphatic rings. The molecule has 0 aliphatic carbocycles. The first-order chi connectivity index (χ1) is 7.61. The van der Waals surface area contributed by atoms with E-state index in [9.17, 15) is 4.79 Å². The van der Waals surface area contributed by atoms with E-state index in [1.54, 1.807) is 6.20 Å². The summed E-state index contributed by atoms with van der Waals surface area (Å²) in [5.74, 6) is 2.10. The number of anilines is 1. The van der Waals surface area contributed by atoms with Crippen LogP contribution in [0.3, 0.4) is 0 Å². The van der Waals surface area contributed by atoms with E-state index >= 15 is 0 Å². The highest BCUT2D eigenvalue weighted by molar-refractivity contribution is 8.00. The highest BCUT2D eigenvalue weighted by atomic mass is 32.2. The van der Waals surface area contributed by atoms with Gasteiger partial charge in [-0.1, -0.05) is 0 Å². The maximum absolute atomic E-state index is 10.5. The van der Waals surface area contributed by atoms with Crippen LogP contribution in [0.4, 0.5) is 5.82 Å². The van der Waals surface area contributed by atoms with Crippen LogP contribution < -0.4 is 4.90 Å². The maximum atomic E-state index is 10.5. The lowest BCUT2D eigenvalue weighted by atomic mass is 10.2. The summed E-state index contributed by atoms with van der Waals surface area (Å²) < 4.78 is 0.281. The lowest BCUT2D eigenvalue weighted by molar-refractivity contribution is 0.112. The number of pyridine rings is 1. The van der Waals surface area contributed by atoms with Crippen molar-refractivity contribution in [2.24, 2.45) is 0 Å². The second-order valence-corrected chi connectivity index (χ2v) is 6.40. The third-order valence-electron chi connectivity index (χ3n) is 2.66. The molecule has 0 aromatic carbocycles. The molecule has 0 atom stereocenters. The average molecular weight is 236 g/mol. The molecule has 0 unspecified atom stereocenters. The molecule has 3 nitrogen and oxygen atoms in total. The van der Waals surface area contributed by atoms with Crippen LogP contribution >= 0.6 is 11.8 Å². The van der Waals surface area contributed by atoms with Crippen molar-refractivity contribution in [3.05, 3.63) is 23.9 Å². The van der Waals surface area contributed by atoms with Gasteiger partial charge in [0.05, 0.1) is 0 Å². The van der Waals surface area contributed by atoms with Gasteiger partial charge in [0.2, 0.25) is 0 Å². The third-order valence-corrected chi connectivity index (χ3v) is 3.95. The summed E-state index contributed by atoms with van der Waals surface area (Å²) in [7, 11) is 0. The maximum Gasteiger partial charge on any atom is 0.151 e. The predicted octanol–water partition coefficient (Wildman–Crippen LogP) is 2.23. The SMILES string of the molecule is CC1(C)CN(c2ccc(C=O)cn2)CCS1. The van der Waals surface area contributed by atoms with E-state index in [0.29, 0.717) is 5.56 Å². The van der Waals surface area contributed by atoms with Crippen LogP contribution in [-0.2, 0) is 0 Å². The summed E-state index contributed by atoms with van der Waals surface area (Å²) in [6, 6.07) is 3.75. The van der Waals surface area contributed by atoms with Gasteiger partial charge in [0.25, 0.3) is 0 Å². The zero-order valence-corrected chi connectivity index (χ0v) is 10.5. The molecule has 86 valence electrons. The van der Waals surface area contributed by atoms with E-state index < -0.39 is 0 Å². The van der Waals surface area contributed by atoms with Gasteiger partial charge in [0, 0.05) is 35.3 Å².